The van der Waals surface area contributed by atoms with Crippen molar-refractivity contribution in [3.8, 4) is 0 Å². The standard InChI is InChI=1S/C22H37NO2/c1-2-3-4-5-6-7-8-9-10-11-12-13-14-15-16-17-18-19-21(24)22(25)20-23/h6-7,9-10,12-13,15-16,22,25H,2-5,8,11,14,17-20,23H2,1H3. The second-order valence-corrected chi connectivity index (χ2v) is 6.20. The van der Waals surface area contributed by atoms with Crippen LogP contribution in [-0.4, -0.2) is 23.5 Å². The van der Waals surface area contributed by atoms with Crippen molar-refractivity contribution >= 4 is 5.78 Å². The summed E-state index contributed by atoms with van der Waals surface area (Å²) in [5.74, 6) is -0.154. The Bertz CT molecular complexity index is 422. The van der Waals surface area contributed by atoms with Crippen LogP contribution in [0.5, 0.6) is 0 Å². The molecule has 0 heterocycles. The molecule has 0 spiro atoms. The number of hydrogen-bond donors (Lipinski definition) is 2. The van der Waals surface area contributed by atoms with Crippen LogP contribution in [0.2, 0.25) is 0 Å². The Morgan fingerprint density at radius 1 is 0.840 bits per heavy atom. The lowest BCUT2D eigenvalue weighted by Gasteiger charge is -2.04. The van der Waals surface area contributed by atoms with E-state index in [-0.39, 0.29) is 12.3 Å². The molecule has 0 aliphatic rings. The first-order chi connectivity index (χ1) is 12.2. The molecule has 0 saturated heterocycles. The summed E-state index contributed by atoms with van der Waals surface area (Å²) in [4.78, 5) is 11.4. The maximum absolute atomic E-state index is 11.4. The van der Waals surface area contributed by atoms with Crippen molar-refractivity contribution < 1.29 is 9.90 Å². The predicted molar refractivity (Wildman–Crippen MR) is 108 cm³/mol. The van der Waals surface area contributed by atoms with Gasteiger partial charge in [-0.15, -0.1) is 0 Å². The third-order valence-corrected chi connectivity index (χ3v) is 3.85. The average molecular weight is 348 g/mol. The van der Waals surface area contributed by atoms with E-state index in [4.69, 9.17) is 5.73 Å². The molecule has 0 aromatic carbocycles. The highest BCUT2D eigenvalue weighted by atomic mass is 16.3. The monoisotopic (exact) mass is 347 g/mol. The van der Waals surface area contributed by atoms with E-state index in [1.54, 1.807) is 0 Å². The number of aliphatic hydroxyl groups is 1. The van der Waals surface area contributed by atoms with Crippen LogP contribution < -0.4 is 5.73 Å². The minimum absolute atomic E-state index is 0.0170. The number of Topliss-reactive ketones (excluding diaryl/α,β-unsaturated/α-hetero) is 1. The van der Waals surface area contributed by atoms with Crippen molar-refractivity contribution in [1.29, 1.82) is 0 Å². The van der Waals surface area contributed by atoms with Gasteiger partial charge in [0.05, 0.1) is 0 Å². The summed E-state index contributed by atoms with van der Waals surface area (Å²) in [5, 5.41) is 9.25. The van der Waals surface area contributed by atoms with Crippen LogP contribution in [0.1, 0.15) is 71.1 Å². The van der Waals surface area contributed by atoms with E-state index in [2.05, 4.69) is 55.5 Å². The first-order valence-electron chi connectivity index (χ1n) is 9.73. The first kappa shape index (κ1) is 23.5. The van der Waals surface area contributed by atoms with Gasteiger partial charge in [-0.3, -0.25) is 4.79 Å². The van der Waals surface area contributed by atoms with Crippen LogP contribution in [-0.2, 0) is 4.79 Å². The molecule has 3 nitrogen and oxygen atoms in total. The molecule has 25 heavy (non-hydrogen) atoms. The second kappa shape index (κ2) is 18.9. The van der Waals surface area contributed by atoms with Crippen LogP contribution >= 0.6 is 0 Å². The topological polar surface area (TPSA) is 63.3 Å². The Morgan fingerprint density at radius 3 is 1.80 bits per heavy atom. The summed E-state index contributed by atoms with van der Waals surface area (Å²) in [5.41, 5.74) is 5.24. The van der Waals surface area contributed by atoms with Gasteiger partial charge in [0.15, 0.2) is 5.78 Å². The summed E-state index contributed by atoms with van der Waals surface area (Å²) < 4.78 is 0. The molecule has 3 N–H and O–H groups in total. The molecule has 0 amide bonds. The van der Waals surface area contributed by atoms with Gasteiger partial charge in [0.2, 0.25) is 0 Å². The normalized spacial score (nSPS) is 13.7. The highest BCUT2D eigenvalue weighted by molar-refractivity contribution is 5.82. The number of nitrogens with two attached hydrogens (primary N) is 1. The molecule has 142 valence electrons. The molecule has 0 bridgehead atoms. The molecular formula is C22H37NO2. The maximum atomic E-state index is 11.4. The van der Waals surface area contributed by atoms with E-state index >= 15 is 0 Å². The van der Waals surface area contributed by atoms with Crippen LogP contribution in [0.3, 0.4) is 0 Å². The number of carbonyl (C=O) groups is 1. The molecule has 0 aromatic rings. The average Bonchev–Trinajstić information content (AvgIpc) is 2.63. The molecule has 0 aliphatic heterocycles. The fourth-order valence-electron chi connectivity index (χ4n) is 2.25. The van der Waals surface area contributed by atoms with E-state index in [9.17, 15) is 9.90 Å². The molecule has 0 fully saturated rings. The van der Waals surface area contributed by atoms with Gasteiger partial charge < -0.3 is 10.8 Å². The van der Waals surface area contributed by atoms with Crippen LogP contribution in [0, 0.1) is 0 Å². The highest BCUT2D eigenvalue weighted by Gasteiger charge is 2.10. The van der Waals surface area contributed by atoms with Crippen LogP contribution in [0.25, 0.3) is 0 Å². The van der Waals surface area contributed by atoms with E-state index in [0.717, 1.165) is 32.1 Å². The summed E-state index contributed by atoms with van der Waals surface area (Å²) in [6, 6.07) is 0. The minimum Gasteiger partial charge on any atom is -0.384 e. The zero-order chi connectivity index (χ0) is 18.6. The molecule has 0 aromatic heterocycles. The van der Waals surface area contributed by atoms with Crippen molar-refractivity contribution in [1.82, 2.24) is 0 Å². The Labute approximate surface area is 154 Å². The van der Waals surface area contributed by atoms with Crippen molar-refractivity contribution in [2.45, 2.75) is 77.2 Å². The van der Waals surface area contributed by atoms with Crippen molar-refractivity contribution in [3.05, 3.63) is 48.6 Å². The number of hydrogen-bond acceptors (Lipinski definition) is 3. The Hall–Kier alpha value is -1.45. The number of rotatable bonds is 16. The maximum Gasteiger partial charge on any atom is 0.162 e. The van der Waals surface area contributed by atoms with Gasteiger partial charge in [-0.2, -0.15) is 0 Å². The zero-order valence-corrected chi connectivity index (χ0v) is 15.9. The van der Waals surface area contributed by atoms with Crippen LogP contribution in [0.4, 0.5) is 0 Å². The minimum atomic E-state index is -0.989. The zero-order valence-electron chi connectivity index (χ0n) is 15.9. The largest absolute Gasteiger partial charge is 0.384 e. The number of ketones is 1. The molecule has 0 saturated carbocycles. The predicted octanol–water partition coefficient (Wildman–Crippen LogP) is 5.02. The van der Waals surface area contributed by atoms with Gasteiger partial charge in [0.25, 0.3) is 0 Å². The Kier molecular flexibility index (Phi) is 17.8. The summed E-state index contributed by atoms with van der Waals surface area (Å²) in [7, 11) is 0. The molecule has 3 heteroatoms. The van der Waals surface area contributed by atoms with Gasteiger partial charge in [-0.1, -0.05) is 68.4 Å². The summed E-state index contributed by atoms with van der Waals surface area (Å²) >= 11 is 0. The number of unbranched alkanes of at least 4 members (excludes halogenated alkanes) is 4. The molecule has 0 rings (SSSR count). The van der Waals surface area contributed by atoms with Gasteiger partial charge in [-0.05, 0) is 44.9 Å². The number of allylic oxidation sites excluding steroid dienone is 8. The van der Waals surface area contributed by atoms with E-state index in [1.807, 2.05) is 0 Å². The second-order valence-electron chi connectivity index (χ2n) is 6.20. The molecule has 1 unspecified atom stereocenters. The summed E-state index contributed by atoms with van der Waals surface area (Å²) in [6.45, 7) is 2.25. The van der Waals surface area contributed by atoms with Gasteiger partial charge in [-0.25, -0.2) is 0 Å². The molecular weight excluding hydrogens is 310 g/mol. The fraction of sp³-hybridized carbons (Fsp3) is 0.591. The smallest absolute Gasteiger partial charge is 0.162 e. The Morgan fingerprint density at radius 2 is 1.32 bits per heavy atom. The molecule has 1 atom stereocenters. The van der Waals surface area contributed by atoms with Gasteiger partial charge in [0, 0.05) is 13.0 Å². The fourth-order valence-corrected chi connectivity index (χ4v) is 2.25. The lowest BCUT2D eigenvalue weighted by atomic mass is 10.1. The lowest BCUT2D eigenvalue weighted by Crippen LogP contribution is -2.28. The van der Waals surface area contributed by atoms with Gasteiger partial charge in [0.1, 0.15) is 6.10 Å². The van der Waals surface area contributed by atoms with Crippen molar-refractivity contribution in [2.24, 2.45) is 5.73 Å². The molecule has 0 radical (unpaired) electrons. The number of carbonyl (C=O) groups excluding carboxylic acids is 1. The van der Waals surface area contributed by atoms with E-state index in [1.165, 1.54) is 25.7 Å². The van der Waals surface area contributed by atoms with E-state index in [0.29, 0.717) is 6.42 Å². The summed E-state index contributed by atoms with van der Waals surface area (Å²) in [6.07, 6.45) is 26.6. The van der Waals surface area contributed by atoms with Crippen LogP contribution in [0.15, 0.2) is 48.6 Å². The molecule has 0 aliphatic carbocycles. The van der Waals surface area contributed by atoms with Crippen molar-refractivity contribution in [3.63, 3.8) is 0 Å². The third kappa shape index (κ3) is 17.2. The quantitative estimate of drug-likeness (QED) is 0.304. The van der Waals surface area contributed by atoms with E-state index < -0.39 is 6.10 Å². The van der Waals surface area contributed by atoms with Gasteiger partial charge >= 0.3 is 0 Å². The highest BCUT2D eigenvalue weighted by Crippen LogP contribution is 2.02. The van der Waals surface area contributed by atoms with Crippen molar-refractivity contribution in [2.75, 3.05) is 6.54 Å². The third-order valence-electron chi connectivity index (χ3n) is 3.85. The Balaban J connectivity index is 3.50. The first-order valence-corrected chi connectivity index (χ1v) is 9.73. The lowest BCUT2D eigenvalue weighted by molar-refractivity contribution is -0.126. The SMILES string of the molecule is CCCCCC=CCC=CCC=CCC=CCCCC(=O)C(O)CN. The number of aliphatic hydroxyl groups excluding tert-OH is 1.